The topological polar surface area (TPSA) is 97.5 Å². The summed E-state index contributed by atoms with van der Waals surface area (Å²) in [7, 11) is 0.429. The number of halogens is 1. The minimum Gasteiger partial charge on any atom is -0.341 e. The molecule has 0 N–H and O–H groups in total. The van der Waals surface area contributed by atoms with Crippen molar-refractivity contribution in [1.82, 2.24) is 18.4 Å². The fourth-order valence-electron chi connectivity index (χ4n) is 4.96. The molecular formula is C27H28ClN5O4S. The molecule has 0 saturated heterocycles. The molecule has 0 bridgehead atoms. The van der Waals surface area contributed by atoms with Crippen molar-refractivity contribution in [2.75, 3.05) is 25.0 Å². The molecule has 38 heavy (non-hydrogen) atoms. The molecule has 9 nitrogen and oxygen atoms in total. The molecule has 11 heteroatoms. The molecule has 5 rings (SSSR count). The Morgan fingerprint density at radius 3 is 2.45 bits per heavy atom. The van der Waals surface area contributed by atoms with Crippen LogP contribution in [0.1, 0.15) is 17.5 Å². The zero-order valence-corrected chi connectivity index (χ0v) is 23.0. The number of anilines is 2. The highest BCUT2D eigenvalue weighted by Crippen LogP contribution is 2.37. The summed E-state index contributed by atoms with van der Waals surface area (Å²) in [6.07, 6.45) is 3.55. The van der Waals surface area contributed by atoms with Gasteiger partial charge in [0.2, 0.25) is 10.0 Å². The molecule has 0 saturated carbocycles. The van der Waals surface area contributed by atoms with Gasteiger partial charge in [0.05, 0.1) is 5.39 Å². The van der Waals surface area contributed by atoms with Crippen LogP contribution < -0.4 is 16.1 Å². The molecule has 1 aliphatic heterocycles. The molecule has 0 amide bonds. The van der Waals surface area contributed by atoms with Crippen LogP contribution in [-0.2, 0) is 37.0 Å². The van der Waals surface area contributed by atoms with Crippen molar-refractivity contribution in [3.63, 3.8) is 0 Å². The fourth-order valence-corrected chi connectivity index (χ4v) is 6.31. The van der Waals surface area contributed by atoms with E-state index in [0.717, 1.165) is 28.8 Å². The van der Waals surface area contributed by atoms with Gasteiger partial charge in [0.15, 0.2) is 0 Å². The molecule has 3 heterocycles. The summed E-state index contributed by atoms with van der Waals surface area (Å²) in [5, 5.41) is 0.721. The number of benzene rings is 2. The number of hydrogen-bond acceptors (Lipinski definition) is 6. The Hall–Kier alpha value is -3.47. The largest absolute Gasteiger partial charge is 0.341 e. The van der Waals surface area contributed by atoms with Crippen molar-refractivity contribution < 1.29 is 8.42 Å². The molecule has 1 aliphatic rings. The van der Waals surface area contributed by atoms with E-state index in [9.17, 15) is 18.0 Å². The third-order valence-electron chi connectivity index (χ3n) is 7.12. The average molecular weight is 554 g/mol. The number of fused-ring (bicyclic) bond motifs is 3. The number of aryl methyl sites for hydroxylation is 3. The van der Waals surface area contributed by atoms with Crippen molar-refractivity contribution in [3.05, 3.63) is 91.7 Å². The summed E-state index contributed by atoms with van der Waals surface area (Å²) in [6.45, 7) is 0.836. The van der Waals surface area contributed by atoms with Crippen molar-refractivity contribution in [2.24, 2.45) is 14.1 Å². The molecule has 0 atom stereocenters. The summed E-state index contributed by atoms with van der Waals surface area (Å²) in [5.74, 6) is 0. The first kappa shape index (κ1) is 26.1. The van der Waals surface area contributed by atoms with Crippen LogP contribution in [0.25, 0.3) is 11.0 Å². The van der Waals surface area contributed by atoms with Crippen LogP contribution in [0.4, 0.5) is 11.4 Å². The number of sulfonamides is 1. The first-order valence-electron chi connectivity index (χ1n) is 12.3. The van der Waals surface area contributed by atoms with Crippen molar-refractivity contribution in [1.29, 1.82) is 0 Å². The second-order valence-corrected chi connectivity index (χ2v) is 12.0. The molecular weight excluding hydrogens is 526 g/mol. The molecule has 0 unspecified atom stereocenters. The molecule has 0 fully saturated rings. The van der Waals surface area contributed by atoms with Crippen LogP contribution >= 0.6 is 11.6 Å². The van der Waals surface area contributed by atoms with Gasteiger partial charge in [0, 0.05) is 56.8 Å². The van der Waals surface area contributed by atoms with Gasteiger partial charge in [-0.2, -0.15) is 0 Å². The minimum atomic E-state index is -3.93. The summed E-state index contributed by atoms with van der Waals surface area (Å²) in [5.41, 5.74) is 3.58. The third kappa shape index (κ3) is 4.53. The maximum Gasteiger partial charge on any atom is 0.332 e. The molecule has 2 aromatic heterocycles. The summed E-state index contributed by atoms with van der Waals surface area (Å²) >= 11 is 6.35. The third-order valence-corrected chi connectivity index (χ3v) is 9.17. The fraction of sp³-hybridized carbons (Fsp3) is 0.296. The molecule has 198 valence electrons. The van der Waals surface area contributed by atoms with Crippen LogP contribution in [-0.4, -0.2) is 47.0 Å². The predicted molar refractivity (Wildman–Crippen MR) is 149 cm³/mol. The minimum absolute atomic E-state index is 0.0683. The van der Waals surface area contributed by atoms with Crippen molar-refractivity contribution in [2.45, 2.75) is 24.2 Å². The highest BCUT2D eigenvalue weighted by molar-refractivity contribution is 7.89. The number of hydrogen-bond donors (Lipinski definition) is 0. The Kier molecular flexibility index (Phi) is 6.89. The normalized spacial score (nSPS) is 13.4. The highest BCUT2D eigenvalue weighted by atomic mass is 35.5. The molecule has 0 radical (unpaired) electrons. The number of pyridine rings is 1. The Labute approximate surface area is 225 Å². The van der Waals surface area contributed by atoms with Crippen LogP contribution in [0.2, 0.25) is 5.02 Å². The summed E-state index contributed by atoms with van der Waals surface area (Å²) in [6, 6.07) is 15.5. The monoisotopic (exact) mass is 553 g/mol. The standard InChI is InChI=1S/C27H28ClN5O4S/c1-30(38(36,37)21-16-22-25(29-17-21)31(2)27(35)32(3)26(22)34)13-6-14-33-23-8-5-4-7-18(23)9-10-19-11-12-20(28)15-24(19)33/h4-5,7-8,11-12,15-17H,6,9-10,13-14H2,1-3H3. The lowest BCUT2D eigenvalue weighted by Gasteiger charge is -2.28. The van der Waals surface area contributed by atoms with Gasteiger partial charge in [-0.3, -0.25) is 13.9 Å². The Bertz CT molecular complexity index is 1780. The van der Waals surface area contributed by atoms with Crippen molar-refractivity contribution >= 4 is 44.0 Å². The predicted octanol–water partition coefficient (Wildman–Crippen LogP) is 3.23. The lowest BCUT2D eigenvalue weighted by atomic mass is 10.0. The molecule has 0 spiro atoms. The lowest BCUT2D eigenvalue weighted by Crippen LogP contribution is -2.37. The van der Waals surface area contributed by atoms with Gasteiger partial charge in [0.25, 0.3) is 5.56 Å². The van der Waals surface area contributed by atoms with E-state index in [4.69, 9.17) is 11.6 Å². The summed E-state index contributed by atoms with van der Waals surface area (Å²) < 4.78 is 30.2. The van der Waals surface area contributed by atoms with E-state index in [1.165, 1.54) is 53.4 Å². The van der Waals surface area contributed by atoms with E-state index in [2.05, 4.69) is 28.1 Å². The molecule has 4 aromatic rings. The first-order valence-corrected chi connectivity index (χ1v) is 14.1. The van der Waals surface area contributed by atoms with Gasteiger partial charge >= 0.3 is 5.69 Å². The van der Waals surface area contributed by atoms with Crippen LogP contribution in [0.15, 0.2) is 69.2 Å². The number of nitrogens with zero attached hydrogens (tertiary/aromatic N) is 5. The summed E-state index contributed by atoms with van der Waals surface area (Å²) in [4.78, 5) is 31.1. The van der Waals surface area contributed by atoms with Gasteiger partial charge in [-0.1, -0.05) is 35.9 Å². The zero-order chi connectivity index (χ0) is 27.2. The van der Waals surface area contributed by atoms with Crippen LogP contribution in [0.3, 0.4) is 0 Å². The van der Waals surface area contributed by atoms with E-state index in [1.807, 2.05) is 24.3 Å². The average Bonchev–Trinajstić information content (AvgIpc) is 3.07. The first-order chi connectivity index (χ1) is 18.1. The van der Waals surface area contributed by atoms with Crippen LogP contribution in [0, 0.1) is 0 Å². The van der Waals surface area contributed by atoms with E-state index in [-0.39, 0.29) is 22.5 Å². The smallest absolute Gasteiger partial charge is 0.332 e. The van der Waals surface area contributed by atoms with Gasteiger partial charge in [-0.25, -0.2) is 22.5 Å². The maximum absolute atomic E-state index is 13.4. The Morgan fingerprint density at radius 2 is 1.68 bits per heavy atom. The van der Waals surface area contributed by atoms with E-state index >= 15 is 0 Å². The second-order valence-electron chi connectivity index (χ2n) is 9.48. The quantitative estimate of drug-likeness (QED) is 0.364. The number of aromatic nitrogens is 3. The van der Waals surface area contributed by atoms with Crippen molar-refractivity contribution in [3.8, 4) is 0 Å². The number of para-hydroxylation sites is 1. The van der Waals surface area contributed by atoms with E-state index in [0.29, 0.717) is 18.0 Å². The van der Waals surface area contributed by atoms with Crippen LogP contribution in [0.5, 0.6) is 0 Å². The Morgan fingerprint density at radius 1 is 0.974 bits per heavy atom. The maximum atomic E-state index is 13.4. The van der Waals surface area contributed by atoms with E-state index in [1.54, 1.807) is 0 Å². The van der Waals surface area contributed by atoms with E-state index < -0.39 is 21.3 Å². The Balaban J connectivity index is 1.40. The van der Waals surface area contributed by atoms with Gasteiger partial charge in [0.1, 0.15) is 10.5 Å². The van der Waals surface area contributed by atoms with Gasteiger partial charge < -0.3 is 4.90 Å². The zero-order valence-electron chi connectivity index (χ0n) is 21.4. The lowest BCUT2D eigenvalue weighted by molar-refractivity contribution is 0.463. The highest BCUT2D eigenvalue weighted by Gasteiger charge is 2.25. The van der Waals surface area contributed by atoms with Gasteiger partial charge in [-0.15, -0.1) is 0 Å². The molecule has 0 aliphatic carbocycles. The van der Waals surface area contributed by atoms with Gasteiger partial charge in [-0.05, 0) is 54.7 Å². The molecule has 2 aromatic carbocycles. The SMILES string of the molecule is CN(CCCN1c2ccccc2CCc2ccc(Cl)cc21)S(=O)(=O)c1cnc2c(c1)c(=O)n(C)c(=O)n2C. The second kappa shape index (κ2) is 10.0. The number of rotatable bonds is 6.